The first-order chi connectivity index (χ1) is 16.0. The van der Waals surface area contributed by atoms with E-state index in [2.05, 4.69) is 25.3 Å². The fraction of sp³-hybridized carbons (Fsp3) is 0.136. The summed E-state index contributed by atoms with van der Waals surface area (Å²) in [6.45, 7) is 0. The maximum absolute atomic E-state index is 13.5. The summed E-state index contributed by atoms with van der Waals surface area (Å²) in [5.41, 5.74) is 3.37. The maximum Gasteiger partial charge on any atom is 0.230 e. The lowest BCUT2D eigenvalue weighted by Gasteiger charge is -2.25. The summed E-state index contributed by atoms with van der Waals surface area (Å²) >= 11 is 0. The monoisotopic (exact) mass is 462 g/mol. The van der Waals surface area contributed by atoms with Gasteiger partial charge in [-0.3, -0.25) is 4.68 Å². The minimum atomic E-state index is -3.04. The molecule has 11 heteroatoms. The Balaban J connectivity index is 1.53. The average Bonchev–Trinajstić information content (AvgIpc) is 3.43. The highest BCUT2D eigenvalue weighted by Crippen LogP contribution is 2.37. The fourth-order valence-corrected chi connectivity index (χ4v) is 5.27. The Morgan fingerprint density at radius 1 is 1.06 bits per heavy atom. The van der Waals surface area contributed by atoms with Gasteiger partial charge in [-0.2, -0.15) is 10.2 Å². The van der Waals surface area contributed by atoms with Gasteiger partial charge in [0.15, 0.2) is 15.6 Å². The molecule has 1 saturated heterocycles. The van der Waals surface area contributed by atoms with Gasteiger partial charge in [-0.25, -0.2) is 22.8 Å². The van der Waals surface area contributed by atoms with Crippen LogP contribution < -0.4 is 0 Å². The van der Waals surface area contributed by atoms with Crippen LogP contribution in [0.5, 0.6) is 0 Å². The topological polar surface area (TPSA) is 117 Å². The van der Waals surface area contributed by atoms with Crippen LogP contribution in [0.15, 0.2) is 65.6 Å². The van der Waals surface area contributed by atoms with Crippen LogP contribution in [0.3, 0.4) is 0 Å². The number of furan rings is 1. The molecule has 1 aliphatic heterocycles. The van der Waals surface area contributed by atoms with Crippen LogP contribution in [-0.2, 0) is 9.84 Å². The zero-order valence-electron chi connectivity index (χ0n) is 17.0. The Morgan fingerprint density at radius 2 is 1.88 bits per heavy atom. The number of hydrogen-bond acceptors (Lipinski definition) is 8. The first-order valence-electron chi connectivity index (χ1n) is 10.1. The molecule has 0 amide bonds. The molecule has 0 atom stereocenters. The predicted molar refractivity (Wildman–Crippen MR) is 117 cm³/mol. The van der Waals surface area contributed by atoms with Crippen molar-refractivity contribution in [3.05, 3.63) is 67.0 Å². The van der Waals surface area contributed by atoms with Crippen LogP contribution >= 0.6 is 0 Å². The third kappa shape index (κ3) is 3.46. The third-order valence-electron chi connectivity index (χ3n) is 5.53. The smallest absolute Gasteiger partial charge is 0.230 e. The Labute approximate surface area is 186 Å². The summed E-state index contributed by atoms with van der Waals surface area (Å²) < 4.78 is 44.5. The number of nitrogens with zero attached hydrogens (tertiary/aromatic N) is 6. The first kappa shape index (κ1) is 19.7. The van der Waals surface area contributed by atoms with Gasteiger partial charge < -0.3 is 4.42 Å². The Hall–Kier alpha value is -3.99. The SMILES string of the molecule is O=S1(=O)CC(n2cc(-c3ncnc4oc(-c5cccnn5)cc34)c(-c3ccc(F)cc3)n2)C1. The van der Waals surface area contributed by atoms with E-state index in [1.807, 2.05) is 0 Å². The fourth-order valence-electron chi connectivity index (χ4n) is 3.89. The number of benzene rings is 1. The highest BCUT2D eigenvalue weighted by Gasteiger charge is 2.36. The Kier molecular flexibility index (Phi) is 4.34. The molecule has 0 bridgehead atoms. The van der Waals surface area contributed by atoms with Gasteiger partial charge in [0.25, 0.3) is 0 Å². The van der Waals surface area contributed by atoms with E-state index in [0.717, 1.165) is 0 Å². The second-order valence-electron chi connectivity index (χ2n) is 7.77. The van der Waals surface area contributed by atoms with Gasteiger partial charge in [0.2, 0.25) is 5.71 Å². The van der Waals surface area contributed by atoms with Gasteiger partial charge >= 0.3 is 0 Å². The van der Waals surface area contributed by atoms with Crippen LogP contribution in [0, 0.1) is 5.82 Å². The van der Waals surface area contributed by atoms with Gasteiger partial charge in [0.1, 0.15) is 23.5 Å². The summed E-state index contributed by atoms with van der Waals surface area (Å²) in [7, 11) is -3.04. The molecule has 0 unspecified atom stereocenters. The van der Waals surface area contributed by atoms with Gasteiger partial charge in [0, 0.05) is 23.5 Å². The highest BCUT2D eigenvalue weighted by molar-refractivity contribution is 7.92. The van der Waals surface area contributed by atoms with E-state index in [0.29, 0.717) is 45.1 Å². The normalized spacial score (nSPS) is 15.5. The summed E-state index contributed by atoms with van der Waals surface area (Å²) in [5.74, 6) is 0.176. The molecule has 1 fully saturated rings. The molecule has 5 heterocycles. The molecule has 0 saturated carbocycles. The van der Waals surface area contributed by atoms with Crippen molar-refractivity contribution < 1.29 is 17.2 Å². The Bertz CT molecular complexity index is 1580. The van der Waals surface area contributed by atoms with Crippen LogP contribution in [0.25, 0.3) is 45.1 Å². The molecule has 0 aliphatic carbocycles. The van der Waals surface area contributed by atoms with Crippen molar-refractivity contribution in [1.82, 2.24) is 29.9 Å². The quantitative estimate of drug-likeness (QED) is 0.399. The molecule has 0 spiro atoms. The van der Waals surface area contributed by atoms with Gasteiger partial charge in [-0.1, -0.05) is 0 Å². The molecule has 5 aromatic rings. The number of rotatable bonds is 4. The molecule has 4 aromatic heterocycles. The zero-order chi connectivity index (χ0) is 22.6. The van der Waals surface area contributed by atoms with Gasteiger partial charge in [-0.05, 0) is 42.5 Å². The molecular weight excluding hydrogens is 447 g/mol. The van der Waals surface area contributed by atoms with Crippen LogP contribution in [0.2, 0.25) is 0 Å². The molecule has 164 valence electrons. The number of halogens is 1. The minimum Gasteiger partial charge on any atom is -0.436 e. The van der Waals surface area contributed by atoms with Crippen molar-refractivity contribution in [3.63, 3.8) is 0 Å². The van der Waals surface area contributed by atoms with Crippen molar-refractivity contribution >= 4 is 20.9 Å². The largest absolute Gasteiger partial charge is 0.436 e. The minimum absolute atomic E-state index is 0.0265. The number of aromatic nitrogens is 6. The molecule has 1 aliphatic rings. The average molecular weight is 462 g/mol. The number of fused-ring (bicyclic) bond motifs is 1. The highest BCUT2D eigenvalue weighted by atomic mass is 32.2. The second kappa shape index (κ2) is 7.27. The number of sulfone groups is 1. The first-order valence-corrected chi connectivity index (χ1v) is 11.9. The molecule has 0 radical (unpaired) electrons. The maximum atomic E-state index is 13.5. The van der Waals surface area contributed by atoms with E-state index in [9.17, 15) is 12.8 Å². The van der Waals surface area contributed by atoms with E-state index < -0.39 is 9.84 Å². The van der Waals surface area contributed by atoms with Crippen molar-refractivity contribution in [1.29, 1.82) is 0 Å². The molecule has 9 nitrogen and oxygen atoms in total. The summed E-state index contributed by atoms with van der Waals surface area (Å²) in [4.78, 5) is 8.71. The molecule has 1 aromatic carbocycles. The van der Waals surface area contributed by atoms with E-state index in [1.54, 1.807) is 47.4 Å². The van der Waals surface area contributed by atoms with Crippen molar-refractivity contribution in [2.24, 2.45) is 0 Å². The Morgan fingerprint density at radius 3 is 2.61 bits per heavy atom. The summed E-state index contributed by atoms with van der Waals surface area (Å²) in [5, 5.41) is 13.3. The van der Waals surface area contributed by atoms with Crippen LogP contribution in [0.1, 0.15) is 6.04 Å². The van der Waals surface area contributed by atoms with E-state index in [4.69, 9.17) is 4.42 Å². The standard InChI is InChI=1S/C22H15FN6O3S/c23-14-5-3-13(4-6-14)20-17(9-29(28-20)15-10-33(30,31)11-15)21-16-8-19(18-2-1-7-26-27-18)32-22(16)25-12-24-21/h1-9,12,15H,10-11H2. The summed E-state index contributed by atoms with van der Waals surface area (Å²) in [6, 6.07) is 11.0. The summed E-state index contributed by atoms with van der Waals surface area (Å²) in [6.07, 6.45) is 4.73. The molecule has 33 heavy (non-hydrogen) atoms. The van der Waals surface area contributed by atoms with Crippen molar-refractivity contribution in [3.8, 4) is 34.0 Å². The molecule has 6 rings (SSSR count). The lowest BCUT2D eigenvalue weighted by molar-refractivity contribution is 0.474. The lowest BCUT2D eigenvalue weighted by atomic mass is 10.0. The number of hydrogen-bond donors (Lipinski definition) is 0. The predicted octanol–water partition coefficient (Wildman–Crippen LogP) is 3.32. The van der Waals surface area contributed by atoms with E-state index in [1.165, 1.54) is 18.5 Å². The van der Waals surface area contributed by atoms with E-state index >= 15 is 0 Å². The lowest BCUT2D eigenvalue weighted by Crippen LogP contribution is -2.38. The third-order valence-corrected chi connectivity index (χ3v) is 7.31. The second-order valence-corrected chi connectivity index (χ2v) is 9.92. The van der Waals surface area contributed by atoms with Crippen LogP contribution in [0.4, 0.5) is 4.39 Å². The van der Waals surface area contributed by atoms with Crippen LogP contribution in [-0.4, -0.2) is 49.9 Å². The van der Waals surface area contributed by atoms with Gasteiger partial charge in [0.05, 0.1) is 28.6 Å². The van der Waals surface area contributed by atoms with E-state index in [-0.39, 0.29) is 23.4 Å². The zero-order valence-corrected chi connectivity index (χ0v) is 17.8. The molecule has 0 N–H and O–H groups in total. The van der Waals surface area contributed by atoms with Crippen molar-refractivity contribution in [2.75, 3.05) is 11.5 Å². The van der Waals surface area contributed by atoms with Crippen molar-refractivity contribution in [2.45, 2.75) is 6.04 Å². The molecular formula is C22H15FN6O3S. The van der Waals surface area contributed by atoms with Gasteiger partial charge in [-0.15, -0.1) is 5.10 Å².